The maximum atomic E-state index is 13.0. The molecule has 0 atom stereocenters. The minimum absolute atomic E-state index is 0.120. The van der Waals surface area contributed by atoms with Gasteiger partial charge in [0.2, 0.25) is 0 Å². The van der Waals surface area contributed by atoms with Crippen LogP contribution in [0.3, 0.4) is 0 Å². The zero-order valence-electron chi connectivity index (χ0n) is 16.4. The third-order valence-electron chi connectivity index (χ3n) is 4.09. The Labute approximate surface area is 177 Å². The van der Waals surface area contributed by atoms with Crippen LogP contribution in [0.4, 0.5) is 10.1 Å². The van der Waals surface area contributed by atoms with E-state index in [4.69, 9.17) is 4.74 Å². The van der Waals surface area contributed by atoms with Crippen LogP contribution in [0.15, 0.2) is 72.4 Å². The Morgan fingerprint density at radius 2 is 1.77 bits per heavy atom. The van der Waals surface area contributed by atoms with Gasteiger partial charge in [0.05, 0.1) is 0 Å². The van der Waals surface area contributed by atoms with Gasteiger partial charge in [0.1, 0.15) is 34.7 Å². The normalized spacial score (nSPS) is 10.7. The van der Waals surface area contributed by atoms with E-state index in [9.17, 15) is 19.2 Å². The van der Waals surface area contributed by atoms with Crippen LogP contribution in [0.1, 0.15) is 16.1 Å². The summed E-state index contributed by atoms with van der Waals surface area (Å²) in [6.07, 6.45) is 2.84. The smallest absolute Gasteiger partial charge is 0.269 e. The Morgan fingerprint density at radius 1 is 1.06 bits per heavy atom. The van der Waals surface area contributed by atoms with Crippen LogP contribution in [0.5, 0.6) is 11.5 Å². The van der Waals surface area contributed by atoms with Gasteiger partial charge >= 0.3 is 0 Å². The topological polar surface area (TPSA) is 104 Å². The molecule has 0 fully saturated rings. The van der Waals surface area contributed by atoms with Crippen LogP contribution in [0.25, 0.3) is 6.08 Å². The van der Waals surface area contributed by atoms with Crippen molar-refractivity contribution in [2.75, 3.05) is 12.4 Å². The van der Waals surface area contributed by atoms with Gasteiger partial charge in [-0.1, -0.05) is 12.1 Å². The minimum Gasteiger partial charge on any atom is -0.457 e. The number of amides is 2. The standard InChI is InChI=1S/C23H17FN4O3/c1-26-23(30)21-13-20(10-11-27-21)31-19-8-6-18(7-9-19)28-22(29)16(14-25)12-15-2-4-17(24)5-3-15/h2-13H,1H3,(H,26,30)(H,28,29)/b16-12+. The minimum atomic E-state index is -0.593. The molecule has 0 aliphatic carbocycles. The summed E-state index contributed by atoms with van der Waals surface area (Å²) in [7, 11) is 1.51. The summed E-state index contributed by atoms with van der Waals surface area (Å²) in [6, 6.07) is 16.9. The highest BCUT2D eigenvalue weighted by Crippen LogP contribution is 2.23. The number of carbonyl (C=O) groups excluding carboxylic acids is 2. The number of hydrogen-bond donors (Lipinski definition) is 2. The van der Waals surface area contributed by atoms with Crippen LogP contribution in [-0.2, 0) is 4.79 Å². The molecule has 0 spiro atoms. The van der Waals surface area contributed by atoms with E-state index in [1.807, 2.05) is 6.07 Å². The molecular formula is C23H17FN4O3. The highest BCUT2D eigenvalue weighted by Gasteiger charge is 2.10. The number of ether oxygens (including phenoxy) is 1. The van der Waals surface area contributed by atoms with E-state index in [0.717, 1.165) is 0 Å². The summed E-state index contributed by atoms with van der Waals surface area (Å²) in [6.45, 7) is 0. The molecule has 154 valence electrons. The molecule has 0 radical (unpaired) electrons. The first-order chi connectivity index (χ1) is 15.0. The van der Waals surface area contributed by atoms with Crippen molar-refractivity contribution in [1.29, 1.82) is 5.26 Å². The number of nitrogens with zero attached hydrogens (tertiary/aromatic N) is 2. The summed E-state index contributed by atoms with van der Waals surface area (Å²) >= 11 is 0. The zero-order chi connectivity index (χ0) is 22.2. The van der Waals surface area contributed by atoms with Gasteiger partial charge in [-0.2, -0.15) is 5.26 Å². The summed E-state index contributed by atoms with van der Waals surface area (Å²) in [5.74, 6) is -0.414. The summed E-state index contributed by atoms with van der Waals surface area (Å²) in [4.78, 5) is 28.0. The van der Waals surface area contributed by atoms with E-state index in [1.165, 1.54) is 49.7 Å². The lowest BCUT2D eigenvalue weighted by molar-refractivity contribution is -0.112. The van der Waals surface area contributed by atoms with Gasteiger partial charge in [0.25, 0.3) is 11.8 Å². The average molecular weight is 416 g/mol. The van der Waals surface area contributed by atoms with Crippen molar-refractivity contribution in [2.24, 2.45) is 0 Å². The first-order valence-electron chi connectivity index (χ1n) is 9.13. The van der Waals surface area contributed by atoms with Crippen LogP contribution in [0.2, 0.25) is 0 Å². The molecule has 0 bridgehead atoms. The third-order valence-corrected chi connectivity index (χ3v) is 4.09. The van der Waals surface area contributed by atoms with E-state index < -0.39 is 11.7 Å². The van der Waals surface area contributed by atoms with Crippen molar-refractivity contribution in [2.45, 2.75) is 0 Å². The second kappa shape index (κ2) is 9.80. The summed E-state index contributed by atoms with van der Waals surface area (Å²) < 4.78 is 18.7. The molecule has 1 heterocycles. The Morgan fingerprint density at radius 3 is 2.42 bits per heavy atom. The molecule has 0 aliphatic rings. The first kappa shape index (κ1) is 21.2. The Kier molecular flexibility index (Phi) is 6.71. The molecule has 2 amide bonds. The first-order valence-corrected chi connectivity index (χ1v) is 9.13. The fourth-order valence-electron chi connectivity index (χ4n) is 2.54. The number of anilines is 1. The molecule has 2 aromatic carbocycles. The van der Waals surface area contributed by atoms with Gasteiger partial charge in [-0.15, -0.1) is 0 Å². The van der Waals surface area contributed by atoms with Crippen molar-refractivity contribution in [1.82, 2.24) is 10.3 Å². The fraction of sp³-hybridized carbons (Fsp3) is 0.0435. The SMILES string of the molecule is CNC(=O)c1cc(Oc2ccc(NC(=O)/C(C#N)=C/c3ccc(F)cc3)cc2)ccn1. The van der Waals surface area contributed by atoms with Gasteiger partial charge < -0.3 is 15.4 Å². The molecule has 0 saturated heterocycles. The molecule has 3 aromatic rings. The number of aromatic nitrogens is 1. The molecule has 0 aliphatic heterocycles. The number of rotatable bonds is 6. The molecule has 0 saturated carbocycles. The summed E-state index contributed by atoms with van der Waals surface area (Å²) in [5.41, 5.74) is 1.09. The predicted molar refractivity (Wildman–Crippen MR) is 113 cm³/mol. The van der Waals surface area contributed by atoms with Crippen LogP contribution in [0, 0.1) is 17.1 Å². The lowest BCUT2D eigenvalue weighted by atomic mass is 10.1. The monoisotopic (exact) mass is 416 g/mol. The van der Waals surface area contributed by atoms with Gasteiger partial charge in [-0.05, 0) is 54.1 Å². The molecule has 8 heteroatoms. The van der Waals surface area contributed by atoms with Crippen LogP contribution >= 0.6 is 0 Å². The molecule has 31 heavy (non-hydrogen) atoms. The van der Waals surface area contributed by atoms with Crippen molar-refractivity contribution in [3.8, 4) is 17.6 Å². The molecule has 1 aromatic heterocycles. The highest BCUT2D eigenvalue weighted by molar-refractivity contribution is 6.09. The number of hydrogen-bond acceptors (Lipinski definition) is 5. The number of nitriles is 1. The Balaban J connectivity index is 1.67. The maximum Gasteiger partial charge on any atom is 0.269 e. The molecule has 2 N–H and O–H groups in total. The Bertz CT molecular complexity index is 1170. The van der Waals surface area contributed by atoms with E-state index >= 15 is 0 Å². The second-order valence-electron chi connectivity index (χ2n) is 6.26. The molecule has 0 unspecified atom stereocenters. The van der Waals surface area contributed by atoms with Crippen LogP contribution < -0.4 is 15.4 Å². The number of benzene rings is 2. The van der Waals surface area contributed by atoms with E-state index in [1.54, 1.807) is 30.3 Å². The quantitative estimate of drug-likeness (QED) is 0.468. The number of nitrogens with one attached hydrogen (secondary N) is 2. The molecule has 3 rings (SSSR count). The van der Waals surface area contributed by atoms with Crippen molar-refractivity contribution in [3.05, 3.63) is 89.5 Å². The maximum absolute atomic E-state index is 13.0. The Hall–Kier alpha value is -4.51. The van der Waals surface area contributed by atoms with Gasteiger partial charge in [0.15, 0.2) is 0 Å². The number of carbonyl (C=O) groups is 2. The number of halogens is 1. The average Bonchev–Trinajstić information content (AvgIpc) is 2.79. The zero-order valence-corrected chi connectivity index (χ0v) is 16.4. The van der Waals surface area contributed by atoms with Crippen LogP contribution in [-0.4, -0.2) is 23.8 Å². The van der Waals surface area contributed by atoms with E-state index in [0.29, 0.717) is 22.7 Å². The van der Waals surface area contributed by atoms with E-state index in [-0.39, 0.29) is 17.2 Å². The third kappa shape index (κ3) is 5.74. The molecular weight excluding hydrogens is 399 g/mol. The van der Waals surface area contributed by atoms with Gasteiger partial charge in [0, 0.05) is 25.0 Å². The van der Waals surface area contributed by atoms with Crippen molar-refractivity contribution >= 4 is 23.6 Å². The number of pyridine rings is 1. The van der Waals surface area contributed by atoms with E-state index in [2.05, 4.69) is 15.6 Å². The van der Waals surface area contributed by atoms with Gasteiger partial charge in [-0.25, -0.2) is 4.39 Å². The largest absolute Gasteiger partial charge is 0.457 e. The fourth-order valence-corrected chi connectivity index (χ4v) is 2.54. The van der Waals surface area contributed by atoms with Crippen molar-refractivity contribution < 1.29 is 18.7 Å². The van der Waals surface area contributed by atoms with Crippen molar-refractivity contribution in [3.63, 3.8) is 0 Å². The summed E-state index contributed by atoms with van der Waals surface area (Å²) in [5, 5.41) is 14.4. The highest BCUT2D eigenvalue weighted by atomic mass is 19.1. The molecule has 7 nitrogen and oxygen atoms in total. The van der Waals surface area contributed by atoms with Gasteiger partial charge in [-0.3, -0.25) is 14.6 Å². The lowest BCUT2D eigenvalue weighted by Crippen LogP contribution is -2.18. The lowest BCUT2D eigenvalue weighted by Gasteiger charge is -2.09. The second-order valence-corrected chi connectivity index (χ2v) is 6.26. The predicted octanol–water partition coefficient (Wildman–Crippen LogP) is 3.92.